The maximum absolute atomic E-state index is 15.5. The zero-order valence-corrected chi connectivity index (χ0v) is 42.9. The number of imide groups is 1. The Labute approximate surface area is 441 Å². The fourth-order valence-corrected chi connectivity index (χ4v) is 10.2. The van der Waals surface area contributed by atoms with Crippen LogP contribution in [0, 0.1) is 12.7 Å². The second-order valence-electron chi connectivity index (χ2n) is 19.4. The number of nitrogens with one attached hydrogen (secondary N) is 5. The summed E-state index contributed by atoms with van der Waals surface area (Å²) in [5.41, 5.74) is 2.15. The number of unbranched alkanes of at least 4 members (excludes halogenated alkanes) is 2. The van der Waals surface area contributed by atoms with Crippen molar-refractivity contribution in [2.24, 2.45) is 0 Å². The first-order chi connectivity index (χ1) is 36.9. The molecule has 0 spiro atoms. The lowest BCUT2D eigenvalue weighted by molar-refractivity contribution is -0.172. The minimum absolute atomic E-state index is 0.0491. The van der Waals surface area contributed by atoms with Crippen molar-refractivity contribution in [3.05, 3.63) is 110 Å². The van der Waals surface area contributed by atoms with E-state index >= 15 is 4.39 Å². The summed E-state index contributed by atoms with van der Waals surface area (Å²) in [4.78, 5) is 135. The summed E-state index contributed by atoms with van der Waals surface area (Å²) in [5.74, 6) is -5.63. The molecule has 1 aliphatic carbocycles. The second kappa shape index (κ2) is 23.8. The van der Waals surface area contributed by atoms with Crippen molar-refractivity contribution in [1.29, 1.82) is 0 Å². The van der Waals surface area contributed by atoms with Gasteiger partial charge in [-0.1, -0.05) is 43.7 Å². The number of carbonyl (C=O) groups is 9. The largest absolute Gasteiger partial charge is 0.458 e. The van der Waals surface area contributed by atoms with E-state index in [-0.39, 0.29) is 61.9 Å². The Bertz CT molecular complexity index is 3140. The number of aliphatic hydroxyl groups is 1. The highest BCUT2D eigenvalue weighted by Gasteiger charge is 2.46. The highest BCUT2D eigenvalue weighted by molar-refractivity contribution is 6.12. The van der Waals surface area contributed by atoms with Gasteiger partial charge >= 0.3 is 5.97 Å². The quantitative estimate of drug-likeness (QED) is 0.0231. The fraction of sp³-hybridized carbons (Fsp3) is 0.426. The van der Waals surface area contributed by atoms with Gasteiger partial charge in [0.1, 0.15) is 31.8 Å². The van der Waals surface area contributed by atoms with Crippen LogP contribution in [0.5, 0.6) is 0 Å². The summed E-state index contributed by atoms with van der Waals surface area (Å²) < 4.78 is 27.8. The number of amides is 8. The molecule has 406 valence electrons. The standard InChI is InChI=1S/C54H60FN9O13/c1-4-54(75)35-21-40-50-33(26-64(40)52(73)34(35)27-77-53(54)74)49-39(17-15-32-30(2)36(55)22-38(61-50)48(32)49)62(3)47(71)28-76-29-59-43(67)24-58-51(72)37(16-14-31-11-7-5-8-12-31)60-44(68)25-57-42(66)23-56-41(65)13-9-6-10-20-63-45(69)18-19-46(63)70/h5,7-8,11-12,18-19,21-22,37,39,75H,4,6,9-10,13-17,20,23-29H2,1-3H3,(H,56,65)(H,57,66)(H,58,72)(H,59,67)(H,60,68)/t37-,39-,54-/m0/s1. The summed E-state index contributed by atoms with van der Waals surface area (Å²) in [6.45, 7) is 0.970. The minimum Gasteiger partial charge on any atom is -0.458 e. The summed E-state index contributed by atoms with van der Waals surface area (Å²) in [6, 6.07) is 10.4. The Hall–Kier alpha value is -8.18. The Morgan fingerprint density at radius 3 is 2.34 bits per heavy atom. The molecule has 0 unspecified atom stereocenters. The predicted octanol–water partition coefficient (Wildman–Crippen LogP) is 1.01. The monoisotopic (exact) mass is 1060 g/mol. The van der Waals surface area contributed by atoms with Gasteiger partial charge in [0.2, 0.25) is 35.4 Å². The lowest BCUT2D eigenvalue weighted by Gasteiger charge is -2.35. The van der Waals surface area contributed by atoms with E-state index in [0.29, 0.717) is 77.5 Å². The molecular formula is C54H60FN9O13. The topological polar surface area (TPSA) is 294 Å². The van der Waals surface area contributed by atoms with Gasteiger partial charge in [-0.05, 0) is 80.2 Å². The molecule has 2 aromatic carbocycles. The molecule has 77 heavy (non-hydrogen) atoms. The van der Waals surface area contributed by atoms with Gasteiger partial charge < -0.3 is 50.6 Å². The van der Waals surface area contributed by atoms with Crippen LogP contribution in [0.15, 0.2) is 59.4 Å². The molecule has 0 saturated carbocycles. The minimum atomic E-state index is -2.05. The number of likely N-dealkylation sites (N-methyl/N-ethyl adjacent to an activating group) is 1. The van der Waals surface area contributed by atoms with E-state index in [4.69, 9.17) is 14.5 Å². The maximum Gasteiger partial charge on any atom is 0.343 e. The van der Waals surface area contributed by atoms with E-state index < -0.39 is 103 Å². The molecule has 0 saturated heterocycles. The molecule has 23 heteroatoms. The molecule has 22 nitrogen and oxygen atoms in total. The smallest absolute Gasteiger partial charge is 0.343 e. The van der Waals surface area contributed by atoms with Gasteiger partial charge in [0.05, 0.1) is 54.7 Å². The molecule has 5 heterocycles. The van der Waals surface area contributed by atoms with E-state index in [1.54, 1.807) is 27.0 Å². The summed E-state index contributed by atoms with van der Waals surface area (Å²) in [6.07, 6.45) is 5.35. The van der Waals surface area contributed by atoms with Gasteiger partial charge in [0, 0.05) is 54.7 Å². The van der Waals surface area contributed by atoms with Gasteiger partial charge in [-0.3, -0.25) is 48.1 Å². The Morgan fingerprint density at radius 1 is 0.896 bits per heavy atom. The van der Waals surface area contributed by atoms with Crippen LogP contribution in [0.4, 0.5) is 4.39 Å². The first-order valence-electron chi connectivity index (χ1n) is 25.5. The number of ether oxygens (including phenoxy) is 2. The van der Waals surface area contributed by atoms with Crippen LogP contribution in [0.1, 0.15) is 96.9 Å². The molecule has 6 N–H and O–H groups in total. The zero-order valence-electron chi connectivity index (χ0n) is 42.9. The van der Waals surface area contributed by atoms with E-state index in [1.807, 2.05) is 30.3 Å². The van der Waals surface area contributed by atoms with Crippen LogP contribution in [0.3, 0.4) is 0 Å². The van der Waals surface area contributed by atoms with Crippen LogP contribution in [-0.2, 0) is 84.2 Å². The number of pyridine rings is 2. The third-order valence-corrected chi connectivity index (χ3v) is 14.5. The van der Waals surface area contributed by atoms with E-state index in [0.717, 1.165) is 16.0 Å². The third kappa shape index (κ3) is 11.9. The summed E-state index contributed by atoms with van der Waals surface area (Å²) in [5, 5.41) is 24.5. The number of halogens is 1. The Balaban J connectivity index is 0.819. The van der Waals surface area contributed by atoms with Crippen LogP contribution < -0.4 is 32.1 Å². The first-order valence-corrected chi connectivity index (χ1v) is 25.5. The van der Waals surface area contributed by atoms with Crippen molar-refractivity contribution in [2.75, 3.05) is 46.6 Å². The number of rotatable bonds is 23. The fourth-order valence-electron chi connectivity index (χ4n) is 10.2. The van der Waals surface area contributed by atoms with E-state index in [1.165, 1.54) is 27.7 Å². The number of fused-ring (bicyclic) bond motifs is 5. The average Bonchev–Trinajstić information content (AvgIpc) is 4.23. The van der Waals surface area contributed by atoms with Crippen molar-refractivity contribution >= 4 is 64.1 Å². The number of nitrogens with zero attached hydrogens (tertiary/aromatic N) is 4. The molecule has 0 bridgehead atoms. The first kappa shape index (κ1) is 55.1. The molecule has 8 rings (SSSR count). The SMILES string of the molecule is CC[C@@]1(O)C(=O)OCc2c1cc1n(c2=O)Cc2c-1nc1cc(F)c(C)c3c1c2[C@@H](N(C)C(=O)COCNC(=O)CNC(=O)[C@H](CCc1ccccc1)NC(=O)CNC(=O)CNC(=O)CCCCCN1C(=O)C=CC1=O)CC3. The average molecular weight is 1060 g/mol. The van der Waals surface area contributed by atoms with Crippen LogP contribution in [-0.4, -0.2) is 130 Å². The number of cyclic esters (lactones) is 1. The van der Waals surface area contributed by atoms with Crippen LogP contribution >= 0.6 is 0 Å². The Morgan fingerprint density at radius 2 is 1.60 bits per heavy atom. The zero-order chi connectivity index (χ0) is 55.1. The third-order valence-electron chi connectivity index (χ3n) is 14.5. The highest BCUT2D eigenvalue weighted by Crippen LogP contribution is 2.47. The number of aryl methyl sites for hydroxylation is 2. The number of hydrogen-bond acceptors (Lipinski definition) is 14. The van der Waals surface area contributed by atoms with Crippen molar-refractivity contribution in [3.63, 3.8) is 0 Å². The van der Waals surface area contributed by atoms with Crippen molar-refractivity contribution in [3.8, 4) is 11.4 Å². The van der Waals surface area contributed by atoms with Crippen LogP contribution in [0.25, 0.3) is 22.3 Å². The highest BCUT2D eigenvalue weighted by atomic mass is 19.1. The van der Waals surface area contributed by atoms with Gasteiger partial charge in [-0.2, -0.15) is 0 Å². The van der Waals surface area contributed by atoms with Gasteiger partial charge in [0.15, 0.2) is 5.60 Å². The molecule has 2 aromatic heterocycles. The molecular weight excluding hydrogens is 1000 g/mol. The van der Waals surface area contributed by atoms with E-state index in [9.17, 15) is 53.1 Å². The summed E-state index contributed by atoms with van der Waals surface area (Å²) in [7, 11) is 1.60. The van der Waals surface area contributed by atoms with Crippen LogP contribution in [0.2, 0.25) is 0 Å². The van der Waals surface area contributed by atoms with Gasteiger partial charge in [0.25, 0.3) is 17.4 Å². The predicted molar refractivity (Wildman–Crippen MR) is 272 cm³/mol. The van der Waals surface area contributed by atoms with E-state index in [2.05, 4.69) is 26.6 Å². The number of aromatic nitrogens is 2. The van der Waals surface area contributed by atoms with Gasteiger partial charge in [-0.15, -0.1) is 0 Å². The Kier molecular flexibility index (Phi) is 17.0. The lowest BCUT2D eigenvalue weighted by Crippen LogP contribution is -2.51. The molecule has 0 fully saturated rings. The molecule has 3 aliphatic heterocycles. The molecule has 4 aliphatic rings. The maximum atomic E-state index is 15.5. The van der Waals surface area contributed by atoms with Crippen molar-refractivity contribution in [2.45, 2.75) is 102 Å². The second-order valence-corrected chi connectivity index (χ2v) is 19.4. The van der Waals surface area contributed by atoms with Crippen molar-refractivity contribution < 1.29 is 62.1 Å². The molecule has 8 amide bonds. The molecule has 0 radical (unpaired) electrons. The number of hydrogen-bond donors (Lipinski definition) is 6. The molecule has 3 atom stereocenters. The number of benzene rings is 2. The summed E-state index contributed by atoms with van der Waals surface area (Å²) >= 11 is 0. The molecule has 4 aromatic rings. The number of carbonyl (C=O) groups excluding carboxylic acids is 9. The lowest BCUT2D eigenvalue weighted by atomic mass is 9.81. The van der Waals surface area contributed by atoms with Crippen molar-refractivity contribution in [1.82, 2.24) is 45.9 Å². The normalized spacial score (nSPS) is 17.2. The van der Waals surface area contributed by atoms with Gasteiger partial charge in [-0.25, -0.2) is 14.2 Å². The number of esters is 1.